The maximum Gasteiger partial charge on any atom is 0.139 e. The van der Waals surface area contributed by atoms with E-state index in [0.29, 0.717) is 5.92 Å². The van der Waals surface area contributed by atoms with Crippen LogP contribution in [0.4, 0.5) is 0 Å². The van der Waals surface area contributed by atoms with Crippen molar-refractivity contribution in [1.82, 2.24) is 0 Å². The predicted molar refractivity (Wildman–Crippen MR) is 120 cm³/mol. The lowest BCUT2D eigenvalue weighted by Crippen LogP contribution is -2.02. The van der Waals surface area contributed by atoms with Crippen LogP contribution in [0.2, 0.25) is 0 Å². The molecule has 0 spiro atoms. The summed E-state index contributed by atoms with van der Waals surface area (Å²) in [5.74, 6) is 0.309. The summed E-state index contributed by atoms with van der Waals surface area (Å²) in [4.78, 5) is 0. The summed E-state index contributed by atoms with van der Waals surface area (Å²) in [7, 11) is 2.10. The third kappa shape index (κ3) is 5.46. The maximum atomic E-state index is 2.20. The Bertz CT molecular complexity index is 799. The molecule has 0 fully saturated rings. The van der Waals surface area contributed by atoms with Crippen molar-refractivity contribution in [3.63, 3.8) is 0 Å². The standard InChI is InChI=1S/C19H16.C7H9B/c1-4-10-16(11-5-1)19(17-12-6-2-7-13-17)18-14-8-3-9-15-18;1-6-2-4-7(8)5-3-6/h1-15,19H;2-5H,8H2,1H3. The summed E-state index contributed by atoms with van der Waals surface area (Å²) in [5, 5.41) is 0. The minimum atomic E-state index is 0.309. The Kier molecular flexibility index (Phi) is 6.65. The van der Waals surface area contributed by atoms with E-state index in [9.17, 15) is 0 Å². The molecule has 0 saturated carbocycles. The fourth-order valence-corrected chi connectivity index (χ4v) is 3.15. The summed E-state index contributed by atoms with van der Waals surface area (Å²) in [6, 6.07) is 40.5. The topological polar surface area (TPSA) is 0 Å². The molecule has 0 amide bonds. The van der Waals surface area contributed by atoms with Gasteiger partial charge in [-0.25, -0.2) is 0 Å². The van der Waals surface area contributed by atoms with Crippen molar-refractivity contribution in [3.8, 4) is 0 Å². The van der Waals surface area contributed by atoms with E-state index in [1.54, 1.807) is 0 Å². The zero-order chi connectivity index (χ0) is 18.9. The molecule has 0 aromatic heterocycles. The molecule has 4 aromatic carbocycles. The Labute approximate surface area is 163 Å². The third-order valence-corrected chi connectivity index (χ3v) is 4.62. The Hall–Kier alpha value is -3.06. The first-order valence-electron chi connectivity index (χ1n) is 9.42. The van der Waals surface area contributed by atoms with E-state index in [4.69, 9.17) is 0 Å². The number of aryl methyl sites for hydroxylation is 1. The van der Waals surface area contributed by atoms with Crippen LogP contribution in [0.3, 0.4) is 0 Å². The molecule has 4 rings (SSSR count). The van der Waals surface area contributed by atoms with Crippen LogP contribution in [-0.4, -0.2) is 7.85 Å². The van der Waals surface area contributed by atoms with Crippen LogP contribution in [0.15, 0.2) is 115 Å². The van der Waals surface area contributed by atoms with E-state index >= 15 is 0 Å². The van der Waals surface area contributed by atoms with Crippen LogP contribution < -0.4 is 5.46 Å². The van der Waals surface area contributed by atoms with Gasteiger partial charge in [0, 0.05) is 5.92 Å². The first-order chi connectivity index (χ1) is 13.2. The Balaban J connectivity index is 0.000000221. The van der Waals surface area contributed by atoms with Crippen LogP contribution in [0, 0.1) is 6.92 Å². The lowest BCUT2D eigenvalue weighted by molar-refractivity contribution is 0.977. The zero-order valence-electron chi connectivity index (χ0n) is 16.0. The van der Waals surface area contributed by atoms with E-state index in [1.165, 1.54) is 27.7 Å². The van der Waals surface area contributed by atoms with Crippen molar-refractivity contribution in [2.75, 3.05) is 0 Å². The quantitative estimate of drug-likeness (QED) is 0.356. The monoisotopic (exact) mass is 348 g/mol. The van der Waals surface area contributed by atoms with Gasteiger partial charge < -0.3 is 0 Å². The van der Waals surface area contributed by atoms with E-state index in [0.717, 1.165) is 0 Å². The number of hydrogen-bond donors (Lipinski definition) is 0. The van der Waals surface area contributed by atoms with Gasteiger partial charge in [-0.15, -0.1) is 0 Å². The second-order valence-electron chi connectivity index (χ2n) is 6.82. The van der Waals surface area contributed by atoms with Gasteiger partial charge in [0.25, 0.3) is 0 Å². The molecule has 0 saturated heterocycles. The highest BCUT2D eigenvalue weighted by Crippen LogP contribution is 2.31. The molecule has 0 bridgehead atoms. The number of rotatable bonds is 3. The predicted octanol–water partition coefficient (Wildman–Crippen LogP) is 5.12. The largest absolute Gasteiger partial charge is 0.139 e. The van der Waals surface area contributed by atoms with Gasteiger partial charge in [0.15, 0.2) is 0 Å². The molecule has 0 heterocycles. The molecule has 0 unspecified atom stereocenters. The number of benzene rings is 4. The molecule has 0 aliphatic carbocycles. The highest BCUT2D eigenvalue weighted by atomic mass is 14.2. The van der Waals surface area contributed by atoms with Gasteiger partial charge in [-0.05, 0) is 23.6 Å². The van der Waals surface area contributed by atoms with Gasteiger partial charge in [0.2, 0.25) is 0 Å². The number of hydrogen-bond acceptors (Lipinski definition) is 0. The minimum Gasteiger partial charge on any atom is -0.0889 e. The summed E-state index contributed by atoms with van der Waals surface area (Å²) in [5.41, 5.74) is 6.66. The minimum absolute atomic E-state index is 0.309. The Morgan fingerprint density at radius 3 is 1.11 bits per heavy atom. The fraction of sp³-hybridized carbons (Fsp3) is 0.0769. The van der Waals surface area contributed by atoms with Gasteiger partial charge >= 0.3 is 0 Å². The van der Waals surface area contributed by atoms with Crippen LogP contribution in [0.5, 0.6) is 0 Å². The van der Waals surface area contributed by atoms with Gasteiger partial charge in [-0.3, -0.25) is 0 Å². The molecule has 27 heavy (non-hydrogen) atoms. The van der Waals surface area contributed by atoms with Crippen molar-refractivity contribution >= 4 is 13.3 Å². The van der Waals surface area contributed by atoms with Crippen LogP contribution in [-0.2, 0) is 0 Å². The average Bonchev–Trinajstić information content (AvgIpc) is 2.73. The second-order valence-corrected chi connectivity index (χ2v) is 6.82. The van der Waals surface area contributed by atoms with Crippen molar-refractivity contribution in [2.45, 2.75) is 12.8 Å². The molecule has 0 aliphatic heterocycles. The van der Waals surface area contributed by atoms with Crippen LogP contribution >= 0.6 is 0 Å². The lowest BCUT2D eigenvalue weighted by Gasteiger charge is -2.18. The molecule has 0 nitrogen and oxygen atoms in total. The zero-order valence-corrected chi connectivity index (χ0v) is 16.0. The third-order valence-electron chi connectivity index (χ3n) is 4.62. The molecule has 1 heteroatoms. The molecular formula is C26H25B. The maximum absolute atomic E-state index is 2.20. The van der Waals surface area contributed by atoms with Gasteiger partial charge in [0.05, 0.1) is 0 Å². The summed E-state index contributed by atoms with van der Waals surface area (Å²) in [6.45, 7) is 2.10. The summed E-state index contributed by atoms with van der Waals surface area (Å²) in [6.07, 6.45) is 0. The molecule has 0 N–H and O–H groups in total. The molecule has 132 valence electrons. The van der Waals surface area contributed by atoms with Crippen LogP contribution in [0.1, 0.15) is 28.2 Å². The average molecular weight is 348 g/mol. The van der Waals surface area contributed by atoms with Gasteiger partial charge in [-0.2, -0.15) is 0 Å². The Morgan fingerprint density at radius 1 is 0.481 bits per heavy atom. The fourth-order valence-electron chi connectivity index (χ4n) is 3.15. The van der Waals surface area contributed by atoms with E-state index in [-0.39, 0.29) is 0 Å². The molecule has 4 aromatic rings. The first-order valence-corrected chi connectivity index (χ1v) is 9.42. The van der Waals surface area contributed by atoms with Crippen LogP contribution in [0.25, 0.3) is 0 Å². The molecule has 0 aliphatic rings. The van der Waals surface area contributed by atoms with Crippen molar-refractivity contribution in [3.05, 3.63) is 138 Å². The summed E-state index contributed by atoms with van der Waals surface area (Å²) < 4.78 is 0. The SMILES string of the molecule is Bc1ccc(C)cc1.c1ccc(C(c2ccccc2)c2ccccc2)cc1. The lowest BCUT2D eigenvalue weighted by atomic mass is 9.85. The van der Waals surface area contributed by atoms with E-state index in [1.807, 2.05) is 0 Å². The molecule has 0 radical (unpaired) electrons. The first kappa shape index (κ1) is 18.7. The van der Waals surface area contributed by atoms with Gasteiger partial charge in [-0.1, -0.05) is 126 Å². The van der Waals surface area contributed by atoms with Crippen molar-refractivity contribution in [2.24, 2.45) is 0 Å². The normalized spacial score (nSPS) is 10.1. The van der Waals surface area contributed by atoms with Crippen molar-refractivity contribution in [1.29, 1.82) is 0 Å². The highest BCUT2D eigenvalue weighted by Gasteiger charge is 2.15. The second kappa shape index (κ2) is 9.59. The Morgan fingerprint density at radius 2 is 0.815 bits per heavy atom. The smallest absolute Gasteiger partial charge is 0.0889 e. The molecular weight excluding hydrogens is 323 g/mol. The van der Waals surface area contributed by atoms with E-state index in [2.05, 4.69) is 130 Å². The van der Waals surface area contributed by atoms with Crippen molar-refractivity contribution < 1.29 is 0 Å². The van der Waals surface area contributed by atoms with E-state index < -0.39 is 0 Å². The molecule has 0 atom stereocenters. The summed E-state index contributed by atoms with van der Waals surface area (Å²) >= 11 is 0. The highest BCUT2D eigenvalue weighted by molar-refractivity contribution is 6.32. The van der Waals surface area contributed by atoms with Gasteiger partial charge in [0.1, 0.15) is 7.85 Å².